The molecule has 0 heterocycles. The zero-order valence-corrected chi connectivity index (χ0v) is 5.58. The van der Waals surface area contributed by atoms with Crippen LogP contribution in [-0.4, -0.2) is 15.2 Å². The summed E-state index contributed by atoms with van der Waals surface area (Å²) < 4.78 is 10.3. The van der Waals surface area contributed by atoms with Crippen LogP contribution in [0.5, 0.6) is 0 Å². The van der Waals surface area contributed by atoms with Crippen molar-refractivity contribution < 1.29 is 14.4 Å². The molecule has 0 bridgehead atoms. The quantitative estimate of drug-likeness (QED) is 0.228. The third kappa shape index (κ3) is 1.89. The number of hydrogen-bond acceptors (Lipinski definition) is 3. The van der Waals surface area contributed by atoms with Crippen molar-refractivity contribution in [2.75, 3.05) is 0 Å². The summed E-state index contributed by atoms with van der Waals surface area (Å²) in [5.41, 5.74) is 9.78. The highest BCUT2D eigenvalue weighted by atomic mass is 31.2. The molecule has 0 atom stereocenters. The van der Waals surface area contributed by atoms with Crippen LogP contribution in [0.2, 0.25) is 0 Å². The van der Waals surface area contributed by atoms with Gasteiger partial charge in [0.2, 0.25) is 0 Å². The molecule has 9 heavy (non-hydrogen) atoms. The van der Waals surface area contributed by atoms with Crippen LogP contribution in [0.3, 0.4) is 0 Å². The van der Waals surface area contributed by atoms with E-state index >= 15 is 0 Å². The van der Waals surface area contributed by atoms with Crippen LogP contribution in [-0.2, 0) is 4.57 Å². The van der Waals surface area contributed by atoms with Gasteiger partial charge in [-0.05, 0) is 6.08 Å². The molecule has 0 spiro atoms. The second-order valence-electron chi connectivity index (χ2n) is 1.64. The predicted molar refractivity (Wildman–Crippen MR) is 33.3 cm³/mol. The van der Waals surface area contributed by atoms with Gasteiger partial charge in [0.15, 0.2) is 5.40 Å². The van der Waals surface area contributed by atoms with Crippen LogP contribution in [0, 0.1) is 0 Å². The SMILES string of the molecule is C=CC(N)(N)P(=O)(O)O. The van der Waals surface area contributed by atoms with Crippen LogP contribution < -0.4 is 11.5 Å². The number of hydrogen-bond donors (Lipinski definition) is 4. The van der Waals surface area contributed by atoms with Gasteiger partial charge < -0.3 is 9.79 Å². The predicted octanol–water partition coefficient (Wildman–Crippen LogP) is -1.08. The van der Waals surface area contributed by atoms with Crippen molar-refractivity contribution in [3.05, 3.63) is 12.7 Å². The molecule has 0 saturated heterocycles. The summed E-state index contributed by atoms with van der Waals surface area (Å²) in [5, 5.41) is -2.09. The highest BCUT2D eigenvalue weighted by molar-refractivity contribution is 7.53. The Balaban J connectivity index is 4.54. The third-order valence-corrected chi connectivity index (χ3v) is 2.02. The maximum atomic E-state index is 10.3. The van der Waals surface area contributed by atoms with Crippen LogP contribution in [0.15, 0.2) is 12.7 Å². The van der Waals surface area contributed by atoms with Crippen molar-refractivity contribution in [1.29, 1.82) is 0 Å². The first-order chi connectivity index (χ1) is 3.81. The first-order valence-corrected chi connectivity index (χ1v) is 3.69. The van der Waals surface area contributed by atoms with E-state index in [-0.39, 0.29) is 0 Å². The molecule has 0 aliphatic rings. The molecule has 54 valence electrons. The largest absolute Gasteiger partial charge is 0.363 e. The molecule has 5 nitrogen and oxygen atoms in total. The molecule has 0 aliphatic carbocycles. The Morgan fingerprint density at radius 2 is 1.89 bits per heavy atom. The van der Waals surface area contributed by atoms with Gasteiger partial charge in [-0.2, -0.15) is 0 Å². The van der Waals surface area contributed by atoms with Crippen molar-refractivity contribution in [2.24, 2.45) is 11.5 Å². The van der Waals surface area contributed by atoms with E-state index < -0.39 is 13.0 Å². The highest BCUT2D eigenvalue weighted by Gasteiger charge is 2.35. The Kier molecular flexibility index (Phi) is 2.16. The molecular weight excluding hydrogens is 143 g/mol. The van der Waals surface area contributed by atoms with E-state index in [1.165, 1.54) is 0 Å². The fraction of sp³-hybridized carbons (Fsp3) is 0.333. The first kappa shape index (κ1) is 8.81. The summed E-state index contributed by atoms with van der Waals surface area (Å²) >= 11 is 0. The minimum atomic E-state index is -4.43. The lowest BCUT2D eigenvalue weighted by Gasteiger charge is -2.20. The second-order valence-corrected chi connectivity index (χ2v) is 3.50. The third-order valence-electron chi connectivity index (χ3n) is 0.832. The maximum Gasteiger partial charge on any atom is 0.363 e. The van der Waals surface area contributed by atoms with E-state index in [4.69, 9.17) is 21.3 Å². The number of nitrogens with two attached hydrogens (primary N) is 2. The summed E-state index contributed by atoms with van der Waals surface area (Å²) in [4.78, 5) is 16.7. The molecule has 0 radical (unpaired) electrons. The van der Waals surface area contributed by atoms with Gasteiger partial charge >= 0.3 is 7.60 Å². The van der Waals surface area contributed by atoms with Crippen LogP contribution in [0.4, 0.5) is 0 Å². The highest BCUT2D eigenvalue weighted by Crippen LogP contribution is 2.43. The van der Waals surface area contributed by atoms with Gasteiger partial charge in [-0.3, -0.25) is 16.0 Å². The summed E-state index contributed by atoms with van der Waals surface area (Å²) in [6, 6.07) is 0. The number of rotatable bonds is 2. The lowest BCUT2D eigenvalue weighted by Crippen LogP contribution is -2.46. The Hall–Kier alpha value is -0.190. The van der Waals surface area contributed by atoms with Crippen molar-refractivity contribution >= 4 is 7.60 Å². The Labute approximate surface area is 52.5 Å². The molecule has 0 aliphatic heterocycles. The van der Waals surface area contributed by atoms with Crippen molar-refractivity contribution in [3.63, 3.8) is 0 Å². The summed E-state index contributed by atoms with van der Waals surface area (Å²) in [5.74, 6) is 0. The van der Waals surface area contributed by atoms with Crippen LogP contribution in [0.25, 0.3) is 0 Å². The lowest BCUT2D eigenvalue weighted by molar-refractivity contribution is 0.343. The molecule has 0 rings (SSSR count). The standard InChI is InChI=1S/C3H9N2O3P/c1-2-3(4,5)9(6,7)8/h2H,1,4-5H2,(H2,6,7,8). The fourth-order valence-electron chi connectivity index (χ4n) is 0.119. The summed E-state index contributed by atoms with van der Waals surface area (Å²) in [6.45, 7) is 3.06. The lowest BCUT2D eigenvalue weighted by atomic mass is 10.5. The van der Waals surface area contributed by atoms with Gasteiger partial charge in [0.1, 0.15) is 0 Å². The average Bonchev–Trinajstić information content (AvgIpc) is 1.64. The summed E-state index contributed by atoms with van der Waals surface area (Å²) in [6.07, 6.45) is 0.813. The minimum Gasteiger partial charge on any atom is -0.322 e. The monoisotopic (exact) mass is 152 g/mol. The Morgan fingerprint density at radius 3 is 1.89 bits per heavy atom. The second kappa shape index (κ2) is 2.21. The average molecular weight is 152 g/mol. The molecule has 6 N–H and O–H groups in total. The van der Waals surface area contributed by atoms with Gasteiger partial charge in [0.25, 0.3) is 0 Å². The van der Waals surface area contributed by atoms with Crippen molar-refractivity contribution in [1.82, 2.24) is 0 Å². The van der Waals surface area contributed by atoms with Gasteiger partial charge in [0, 0.05) is 0 Å². The van der Waals surface area contributed by atoms with Gasteiger partial charge in [0.05, 0.1) is 0 Å². The molecule has 0 saturated carbocycles. The van der Waals surface area contributed by atoms with E-state index in [2.05, 4.69) is 6.58 Å². The van der Waals surface area contributed by atoms with Crippen molar-refractivity contribution in [2.45, 2.75) is 5.40 Å². The minimum absolute atomic E-state index is 0.813. The zero-order chi connectivity index (χ0) is 7.71. The van der Waals surface area contributed by atoms with Crippen LogP contribution >= 0.6 is 7.60 Å². The van der Waals surface area contributed by atoms with Gasteiger partial charge in [-0.15, -0.1) is 0 Å². The first-order valence-electron chi connectivity index (χ1n) is 2.08. The van der Waals surface area contributed by atoms with Crippen LogP contribution in [0.1, 0.15) is 0 Å². The summed E-state index contributed by atoms with van der Waals surface area (Å²) in [7, 11) is -4.43. The molecule has 0 unspecified atom stereocenters. The maximum absolute atomic E-state index is 10.3. The molecule has 0 aromatic carbocycles. The molecule has 0 fully saturated rings. The smallest absolute Gasteiger partial charge is 0.322 e. The van der Waals surface area contributed by atoms with E-state index in [0.29, 0.717) is 0 Å². The van der Waals surface area contributed by atoms with Gasteiger partial charge in [-0.1, -0.05) is 6.58 Å². The molecular formula is C3H9N2O3P. The molecule has 0 aromatic heterocycles. The van der Waals surface area contributed by atoms with Gasteiger partial charge in [-0.25, -0.2) is 0 Å². The van der Waals surface area contributed by atoms with E-state index in [0.717, 1.165) is 6.08 Å². The zero-order valence-electron chi connectivity index (χ0n) is 4.69. The Bertz CT molecular complexity index is 160. The topological polar surface area (TPSA) is 110 Å². The molecule has 6 heteroatoms. The normalized spacial score (nSPS) is 13.3. The Morgan fingerprint density at radius 1 is 1.56 bits per heavy atom. The molecule has 0 aromatic rings. The van der Waals surface area contributed by atoms with E-state index in [1.54, 1.807) is 0 Å². The van der Waals surface area contributed by atoms with E-state index in [9.17, 15) is 4.57 Å². The molecule has 0 amide bonds. The van der Waals surface area contributed by atoms with Crippen molar-refractivity contribution in [3.8, 4) is 0 Å². The van der Waals surface area contributed by atoms with E-state index in [1.807, 2.05) is 0 Å². The fourth-order valence-corrected chi connectivity index (χ4v) is 0.357.